The molecule has 0 saturated heterocycles. The zero-order valence-electron chi connectivity index (χ0n) is 8.49. The predicted octanol–water partition coefficient (Wildman–Crippen LogP) is 2.74. The summed E-state index contributed by atoms with van der Waals surface area (Å²) in [5.41, 5.74) is 1.34. The third-order valence-electron chi connectivity index (χ3n) is 2.13. The molecule has 0 saturated carbocycles. The average molecular weight is 308 g/mol. The Labute approximate surface area is 107 Å². The fourth-order valence-corrected chi connectivity index (χ4v) is 2.08. The van der Waals surface area contributed by atoms with E-state index in [0.29, 0.717) is 11.4 Å². The molecule has 0 amide bonds. The fraction of sp³-hybridized carbons (Fsp3) is 0.364. The van der Waals surface area contributed by atoms with Crippen LogP contribution in [0.4, 0.5) is 0 Å². The molecule has 3 nitrogen and oxygen atoms in total. The molecule has 1 rings (SSSR count). The first-order valence-corrected chi connectivity index (χ1v) is 6.13. The van der Waals surface area contributed by atoms with E-state index < -0.39 is 12.1 Å². The summed E-state index contributed by atoms with van der Waals surface area (Å²) in [7, 11) is 0. The van der Waals surface area contributed by atoms with Crippen LogP contribution in [0.3, 0.4) is 0 Å². The van der Waals surface area contributed by atoms with E-state index in [1.165, 1.54) is 0 Å². The highest BCUT2D eigenvalue weighted by Gasteiger charge is 2.16. The third kappa shape index (κ3) is 3.77. The molecule has 0 bridgehead atoms. The summed E-state index contributed by atoms with van der Waals surface area (Å²) >= 11 is 8.87. The molecule has 1 aromatic carbocycles. The van der Waals surface area contributed by atoms with Gasteiger partial charge in [0.05, 0.1) is 0 Å². The molecule has 0 radical (unpaired) electrons. The summed E-state index contributed by atoms with van der Waals surface area (Å²) in [5.74, 6) is -0.690. The maximum atomic E-state index is 10.6. The van der Waals surface area contributed by atoms with Crippen LogP contribution in [0.2, 0.25) is 0 Å². The van der Waals surface area contributed by atoms with Crippen LogP contribution in [0.15, 0.2) is 22.7 Å². The van der Waals surface area contributed by atoms with Gasteiger partial charge in [0.1, 0.15) is 0 Å². The maximum absolute atomic E-state index is 10.6. The zero-order chi connectivity index (χ0) is 12.1. The minimum atomic E-state index is -1.48. The smallest absolute Gasteiger partial charge is 0.337 e. The Hall–Kier alpha value is -0.580. The SMILES string of the molecule is O=C(O)C(O)c1cc(Br)cc(CCCCl)c1. The van der Waals surface area contributed by atoms with Crippen molar-refractivity contribution in [1.82, 2.24) is 0 Å². The van der Waals surface area contributed by atoms with Gasteiger partial charge in [-0.1, -0.05) is 22.0 Å². The minimum Gasteiger partial charge on any atom is -0.479 e. The Morgan fingerprint density at radius 2 is 2.12 bits per heavy atom. The van der Waals surface area contributed by atoms with Gasteiger partial charge < -0.3 is 10.2 Å². The number of aryl methyl sites for hydroxylation is 1. The molecule has 1 atom stereocenters. The number of aliphatic hydroxyl groups excluding tert-OH is 1. The van der Waals surface area contributed by atoms with Crippen molar-refractivity contribution in [3.8, 4) is 0 Å². The maximum Gasteiger partial charge on any atom is 0.337 e. The van der Waals surface area contributed by atoms with Gasteiger partial charge in [0.25, 0.3) is 0 Å². The van der Waals surface area contributed by atoms with E-state index >= 15 is 0 Å². The first-order valence-electron chi connectivity index (χ1n) is 4.81. The quantitative estimate of drug-likeness (QED) is 0.822. The van der Waals surface area contributed by atoms with E-state index in [-0.39, 0.29) is 0 Å². The van der Waals surface area contributed by atoms with Crippen LogP contribution in [0.5, 0.6) is 0 Å². The molecule has 0 aliphatic carbocycles. The number of carbonyl (C=O) groups is 1. The van der Waals surface area contributed by atoms with Crippen LogP contribution >= 0.6 is 27.5 Å². The second-order valence-electron chi connectivity index (χ2n) is 3.43. The molecule has 0 aliphatic heterocycles. The number of aliphatic carboxylic acids is 1. The number of hydrogen-bond donors (Lipinski definition) is 2. The highest BCUT2D eigenvalue weighted by atomic mass is 79.9. The topological polar surface area (TPSA) is 57.5 Å². The lowest BCUT2D eigenvalue weighted by Gasteiger charge is -2.09. The monoisotopic (exact) mass is 306 g/mol. The summed E-state index contributed by atoms with van der Waals surface area (Å²) in [4.78, 5) is 10.6. The molecule has 5 heteroatoms. The van der Waals surface area contributed by atoms with Gasteiger partial charge in [0.15, 0.2) is 6.10 Å². The number of alkyl halides is 1. The average Bonchev–Trinajstić information content (AvgIpc) is 2.24. The highest BCUT2D eigenvalue weighted by Crippen LogP contribution is 2.22. The van der Waals surface area contributed by atoms with Crippen LogP contribution < -0.4 is 0 Å². The van der Waals surface area contributed by atoms with Crippen LogP contribution in [-0.4, -0.2) is 22.1 Å². The molecule has 1 unspecified atom stereocenters. The van der Waals surface area contributed by atoms with Gasteiger partial charge in [-0.3, -0.25) is 0 Å². The molecule has 88 valence electrons. The van der Waals surface area contributed by atoms with Crippen molar-refractivity contribution in [2.45, 2.75) is 18.9 Å². The van der Waals surface area contributed by atoms with Crippen LogP contribution in [0.25, 0.3) is 0 Å². The van der Waals surface area contributed by atoms with E-state index in [4.69, 9.17) is 16.7 Å². The second kappa shape index (κ2) is 6.23. The van der Waals surface area contributed by atoms with Gasteiger partial charge in [-0.05, 0) is 36.1 Å². The molecule has 0 aromatic heterocycles. The van der Waals surface area contributed by atoms with Gasteiger partial charge in [0, 0.05) is 10.4 Å². The van der Waals surface area contributed by atoms with Crippen LogP contribution in [-0.2, 0) is 11.2 Å². The summed E-state index contributed by atoms with van der Waals surface area (Å²) in [6.45, 7) is 0. The molecular formula is C11H12BrClO3. The number of benzene rings is 1. The Morgan fingerprint density at radius 1 is 1.44 bits per heavy atom. The summed E-state index contributed by atoms with van der Waals surface area (Å²) in [5, 5.41) is 18.1. The largest absolute Gasteiger partial charge is 0.479 e. The molecule has 1 aromatic rings. The van der Waals surface area contributed by atoms with Crippen molar-refractivity contribution in [3.63, 3.8) is 0 Å². The first-order chi connectivity index (χ1) is 7.54. The number of halogens is 2. The summed E-state index contributed by atoms with van der Waals surface area (Å²) in [6.07, 6.45) is 0.107. The normalized spacial score (nSPS) is 12.4. The van der Waals surface area contributed by atoms with Gasteiger partial charge >= 0.3 is 5.97 Å². The molecule has 0 aliphatic rings. The Balaban J connectivity index is 2.93. The third-order valence-corrected chi connectivity index (χ3v) is 2.85. The van der Waals surface area contributed by atoms with Crippen molar-refractivity contribution in [2.75, 3.05) is 5.88 Å². The minimum absolute atomic E-state index is 0.381. The van der Waals surface area contributed by atoms with E-state index in [9.17, 15) is 9.90 Å². The summed E-state index contributed by atoms with van der Waals surface area (Å²) < 4.78 is 0.759. The molecule has 16 heavy (non-hydrogen) atoms. The predicted molar refractivity (Wildman–Crippen MR) is 65.8 cm³/mol. The zero-order valence-corrected chi connectivity index (χ0v) is 10.8. The van der Waals surface area contributed by atoms with Crippen LogP contribution in [0, 0.1) is 0 Å². The molecule has 0 heterocycles. The number of hydrogen-bond acceptors (Lipinski definition) is 2. The van der Waals surface area contributed by atoms with E-state index in [1.807, 2.05) is 6.07 Å². The van der Waals surface area contributed by atoms with Crippen molar-refractivity contribution in [3.05, 3.63) is 33.8 Å². The summed E-state index contributed by atoms with van der Waals surface area (Å²) in [6, 6.07) is 5.18. The Bertz CT molecular complexity index is 381. The lowest BCUT2D eigenvalue weighted by Crippen LogP contribution is -2.10. The van der Waals surface area contributed by atoms with Gasteiger partial charge in [-0.15, -0.1) is 11.6 Å². The number of aliphatic hydroxyl groups is 1. The van der Waals surface area contributed by atoms with Crippen LogP contribution in [0.1, 0.15) is 23.7 Å². The first kappa shape index (κ1) is 13.5. The van der Waals surface area contributed by atoms with Crippen molar-refractivity contribution >= 4 is 33.5 Å². The second-order valence-corrected chi connectivity index (χ2v) is 4.72. The highest BCUT2D eigenvalue weighted by molar-refractivity contribution is 9.10. The number of carboxylic acid groups (broad SMARTS) is 1. The Kier molecular flexibility index (Phi) is 5.25. The van der Waals surface area contributed by atoms with E-state index in [1.54, 1.807) is 12.1 Å². The number of rotatable bonds is 5. The van der Waals surface area contributed by atoms with Crippen molar-refractivity contribution in [1.29, 1.82) is 0 Å². The lowest BCUT2D eigenvalue weighted by molar-refractivity contribution is -0.146. The molecular weight excluding hydrogens is 295 g/mol. The lowest BCUT2D eigenvalue weighted by atomic mass is 10.0. The Morgan fingerprint density at radius 3 is 2.69 bits per heavy atom. The van der Waals surface area contributed by atoms with Gasteiger partial charge in [0.2, 0.25) is 0 Å². The molecule has 2 N–H and O–H groups in total. The number of carboxylic acids is 1. The van der Waals surface area contributed by atoms with E-state index in [0.717, 1.165) is 22.9 Å². The van der Waals surface area contributed by atoms with E-state index in [2.05, 4.69) is 15.9 Å². The molecule has 0 fully saturated rings. The van der Waals surface area contributed by atoms with Crippen molar-refractivity contribution in [2.24, 2.45) is 0 Å². The van der Waals surface area contributed by atoms with Crippen molar-refractivity contribution < 1.29 is 15.0 Å². The standard InChI is InChI=1S/C11H12BrClO3/c12-9-5-7(2-1-3-13)4-8(6-9)10(14)11(15)16/h4-6,10,14H,1-3H2,(H,15,16). The van der Waals surface area contributed by atoms with Gasteiger partial charge in [-0.25, -0.2) is 4.79 Å². The molecule has 0 spiro atoms. The van der Waals surface area contributed by atoms with Gasteiger partial charge in [-0.2, -0.15) is 0 Å². The fourth-order valence-electron chi connectivity index (χ4n) is 1.39.